The van der Waals surface area contributed by atoms with E-state index in [4.69, 9.17) is 11.6 Å². The van der Waals surface area contributed by atoms with Crippen molar-refractivity contribution in [1.82, 2.24) is 10.3 Å². The zero-order valence-electron chi connectivity index (χ0n) is 11.8. The van der Waals surface area contributed by atoms with Crippen LogP contribution in [-0.4, -0.2) is 17.6 Å². The molecule has 0 aliphatic heterocycles. The SMILES string of the molecule is CCNC(CCc1cccnc1)Cc1ccc(Cl)cc1. The predicted molar refractivity (Wildman–Crippen MR) is 85.2 cm³/mol. The van der Waals surface area contributed by atoms with E-state index in [1.807, 2.05) is 30.6 Å². The van der Waals surface area contributed by atoms with Gasteiger partial charge in [0.2, 0.25) is 0 Å². The number of aryl methyl sites for hydroxylation is 1. The average Bonchev–Trinajstić information content (AvgIpc) is 2.48. The van der Waals surface area contributed by atoms with Crippen molar-refractivity contribution in [3.63, 3.8) is 0 Å². The van der Waals surface area contributed by atoms with E-state index in [9.17, 15) is 0 Å². The molecule has 0 aliphatic carbocycles. The Bertz CT molecular complexity index is 496. The quantitative estimate of drug-likeness (QED) is 0.836. The maximum atomic E-state index is 5.93. The van der Waals surface area contributed by atoms with Crippen molar-refractivity contribution in [3.05, 3.63) is 64.9 Å². The lowest BCUT2D eigenvalue weighted by atomic mass is 9.99. The number of rotatable bonds is 7. The fourth-order valence-corrected chi connectivity index (χ4v) is 2.48. The molecule has 1 aromatic carbocycles. The summed E-state index contributed by atoms with van der Waals surface area (Å²) in [6.07, 6.45) is 6.97. The van der Waals surface area contributed by atoms with Gasteiger partial charge in [0, 0.05) is 23.5 Å². The zero-order chi connectivity index (χ0) is 14.2. The van der Waals surface area contributed by atoms with Gasteiger partial charge >= 0.3 is 0 Å². The summed E-state index contributed by atoms with van der Waals surface area (Å²) in [6.45, 7) is 3.14. The van der Waals surface area contributed by atoms with E-state index >= 15 is 0 Å². The highest BCUT2D eigenvalue weighted by Crippen LogP contribution is 2.13. The number of nitrogens with zero attached hydrogens (tertiary/aromatic N) is 1. The number of likely N-dealkylation sites (N-methyl/N-ethyl adjacent to an activating group) is 1. The first kappa shape index (κ1) is 15.0. The number of aromatic nitrogens is 1. The molecule has 0 saturated heterocycles. The Morgan fingerprint density at radius 1 is 1.15 bits per heavy atom. The highest BCUT2D eigenvalue weighted by Gasteiger charge is 2.09. The van der Waals surface area contributed by atoms with E-state index in [0.717, 1.165) is 30.8 Å². The molecule has 2 aromatic rings. The van der Waals surface area contributed by atoms with Crippen LogP contribution < -0.4 is 5.32 Å². The topological polar surface area (TPSA) is 24.9 Å². The molecule has 0 fully saturated rings. The molecule has 20 heavy (non-hydrogen) atoms. The fourth-order valence-electron chi connectivity index (χ4n) is 2.36. The van der Waals surface area contributed by atoms with E-state index in [2.05, 4.69) is 35.4 Å². The van der Waals surface area contributed by atoms with Crippen molar-refractivity contribution < 1.29 is 0 Å². The van der Waals surface area contributed by atoms with E-state index in [0.29, 0.717) is 6.04 Å². The molecule has 1 unspecified atom stereocenters. The summed E-state index contributed by atoms with van der Waals surface area (Å²) in [5, 5.41) is 4.36. The fraction of sp³-hybridized carbons (Fsp3) is 0.353. The standard InChI is InChI=1S/C17H21ClN2/c1-2-20-17(10-7-15-4-3-11-19-13-15)12-14-5-8-16(18)9-6-14/h3-6,8-9,11,13,17,20H,2,7,10,12H2,1H3. The van der Waals surface area contributed by atoms with Crippen LogP contribution >= 0.6 is 11.6 Å². The molecule has 0 aliphatic rings. The van der Waals surface area contributed by atoms with Crippen LogP contribution in [0, 0.1) is 0 Å². The van der Waals surface area contributed by atoms with Crippen LogP contribution in [0.25, 0.3) is 0 Å². The molecule has 0 spiro atoms. The van der Waals surface area contributed by atoms with Crippen molar-refractivity contribution >= 4 is 11.6 Å². The molecule has 1 heterocycles. The van der Waals surface area contributed by atoms with Gasteiger partial charge in [-0.1, -0.05) is 36.7 Å². The van der Waals surface area contributed by atoms with Gasteiger partial charge in [-0.3, -0.25) is 4.98 Å². The average molecular weight is 289 g/mol. The molecule has 1 atom stereocenters. The third-order valence-electron chi connectivity index (χ3n) is 3.39. The summed E-state index contributed by atoms with van der Waals surface area (Å²) in [5.74, 6) is 0. The van der Waals surface area contributed by atoms with Crippen LogP contribution in [-0.2, 0) is 12.8 Å². The van der Waals surface area contributed by atoms with Crippen molar-refractivity contribution in [1.29, 1.82) is 0 Å². The predicted octanol–water partition coefficient (Wildman–Crippen LogP) is 3.89. The summed E-state index contributed by atoms with van der Waals surface area (Å²) in [4.78, 5) is 4.17. The zero-order valence-corrected chi connectivity index (χ0v) is 12.6. The number of nitrogens with one attached hydrogen (secondary N) is 1. The second-order valence-corrected chi connectivity index (χ2v) is 5.42. The van der Waals surface area contributed by atoms with Gasteiger partial charge in [-0.15, -0.1) is 0 Å². The second-order valence-electron chi connectivity index (χ2n) is 4.99. The maximum Gasteiger partial charge on any atom is 0.0406 e. The van der Waals surface area contributed by atoms with Crippen LogP contribution in [0.2, 0.25) is 5.02 Å². The lowest BCUT2D eigenvalue weighted by Gasteiger charge is -2.18. The lowest BCUT2D eigenvalue weighted by molar-refractivity contribution is 0.491. The molecular weight excluding hydrogens is 268 g/mol. The summed E-state index contributed by atoms with van der Waals surface area (Å²) in [7, 11) is 0. The molecule has 3 heteroatoms. The van der Waals surface area contributed by atoms with Crippen molar-refractivity contribution in [3.8, 4) is 0 Å². The highest BCUT2D eigenvalue weighted by atomic mass is 35.5. The smallest absolute Gasteiger partial charge is 0.0406 e. The first-order valence-corrected chi connectivity index (χ1v) is 7.52. The number of hydrogen-bond donors (Lipinski definition) is 1. The molecular formula is C17H21ClN2. The molecule has 1 aromatic heterocycles. The molecule has 0 radical (unpaired) electrons. The summed E-state index contributed by atoms with van der Waals surface area (Å²) in [6, 6.07) is 12.8. The van der Waals surface area contributed by atoms with Crippen LogP contribution in [0.15, 0.2) is 48.8 Å². The van der Waals surface area contributed by atoms with Gasteiger partial charge in [0.1, 0.15) is 0 Å². The Morgan fingerprint density at radius 3 is 2.60 bits per heavy atom. The van der Waals surface area contributed by atoms with Crippen molar-refractivity contribution in [2.45, 2.75) is 32.2 Å². The molecule has 0 bridgehead atoms. The number of benzene rings is 1. The van der Waals surface area contributed by atoms with Gasteiger partial charge in [-0.05, 0) is 55.1 Å². The molecule has 106 valence electrons. The molecule has 2 rings (SSSR count). The van der Waals surface area contributed by atoms with Gasteiger partial charge in [-0.2, -0.15) is 0 Å². The Morgan fingerprint density at radius 2 is 1.95 bits per heavy atom. The lowest BCUT2D eigenvalue weighted by Crippen LogP contribution is -2.31. The Kier molecular flexibility index (Phi) is 6.03. The minimum absolute atomic E-state index is 0.487. The summed E-state index contributed by atoms with van der Waals surface area (Å²) in [5.41, 5.74) is 2.62. The van der Waals surface area contributed by atoms with Gasteiger partial charge in [0.05, 0.1) is 0 Å². The van der Waals surface area contributed by atoms with Gasteiger partial charge < -0.3 is 5.32 Å². The van der Waals surface area contributed by atoms with Crippen LogP contribution in [0.1, 0.15) is 24.5 Å². The van der Waals surface area contributed by atoms with Crippen LogP contribution in [0.3, 0.4) is 0 Å². The van der Waals surface area contributed by atoms with Gasteiger partial charge in [0.25, 0.3) is 0 Å². The first-order valence-electron chi connectivity index (χ1n) is 7.14. The third-order valence-corrected chi connectivity index (χ3v) is 3.64. The number of hydrogen-bond acceptors (Lipinski definition) is 2. The van der Waals surface area contributed by atoms with E-state index in [1.54, 1.807) is 0 Å². The molecule has 0 saturated carbocycles. The van der Waals surface area contributed by atoms with E-state index in [-0.39, 0.29) is 0 Å². The molecule has 1 N–H and O–H groups in total. The van der Waals surface area contributed by atoms with Crippen molar-refractivity contribution in [2.75, 3.05) is 6.54 Å². The van der Waals surface area contributed by atoms with Crippen LogP contribution in [0.4, 0.5) is 0 Å². The Hall–Kier alpha value is -1.38. The maximum absolute atomic E-state index is 5.93. The molecule has 2 nitrogen and oxygen atoms in total. The minimum atomic E-state index is 0.487. The third kappa shape index (κ3) is 4.95. The normalized spacial score (nSPS) is 12.3. The monoisotopic (exact) mass is 288 g/mol. The minimum Gasteiger partial charge on any atom is -0.314 e. The Balaban J connectivity index is 1.91. The number of pyridine rings is 1. The summed E-state index contributed by atoms with van der Waals surface area (Å²) >= 11 is 5.93. The van der Waals surface area contributed by atoms with E-state index < -0.39 is 0 Å². The highest BCUT2D eigenvalue weighted by molar-refractivity contribution is 6.30. The van der Waals surface area contributed by atoms with Gasteiger partial charge in [0.15, 0.2) is 0 Å². The van der Waals surface area contributed by atoms with E-state index in [1.165, 1.54) is 11.1 Å². The van der Waals surface area contributed by atoms with Crippen LogP contribution in [0.5, 0.6) is 0 Å². The molecule has 0 amide bonds. The van der Waals surface area contributed by atoms with Gasteiger partial charge in [-0.25, -0.2) is 0 Å². The second kappa shape index (κ2) is 8.03. The summed E-state index contributed by atoms with van der Waals surface area (Å²) < 4.78 is 0. The Labute approximate surface area is 126 Å². The first-order chi connectivity index (χ1) is 9.78. The number of halogens is 1. The largest absolute Gasteiger partial charge is 0.314 e. The van der Waals surface area contributed by atoms with Crippen molar-refractivity contribution in [2.24, 2.45) is 0 Å².